The van der Waals surface area contributed by atoms with Crippen LogP contribution in [0.15, 0.2) is 39.8 Å². The summed E-state index contributed by atoms with van der Waals surface area (Å²) < 4.78 is 3.14. The van der Waals surface area contributed by atoms with E-state index >= 15 is 0 Å². The van der Waals surface area contributed by atoms with Crippen molar-refractivity contribution in [3.8, 4) is 0 Å². The SMILES string of the molecule is Cc1ncc(C(N)CSc2ccc(Br)cc2)n1C. The summed E-state index contributed by atoms with van der Waals surface area (Å²) in [7, 11) is 2.00. The predicted molar refractivity (Wildman–Crippen MR) is 79.7 cm³/mol. The van der Waals surface area contributed by atoms with E-state index in [1.807, 2.05) is 36.9 Å². The Labute approximate surface area is 120 Å². The van der Waals surface area contributed by atoms with Crippen LogP contribution in [0.1, 0.15) is 17.6 Å². The maximum Gasteiger partial charge on any atom is 0.105 e. The Balaban J connectivity index is 1.98. The summed E-state index contributed by atoms with van der Waals surface area (Å²) in [5, 5.41) is 0. The number of rotatable bonds is 4. The van der Waals surface area contributed by atoms with Crippen molar-refractivity contribution in [1.29, 1.82) is 0 Å². The number of nitrogens with zero attached hydrogens (tertiary/aromatic N) is 2. The van der Waals surface area contributed by atoms with Gasteiger partial charge in [-0.3, -0.25) is 0 Å². The van der Waals surface area contributed by atoms with Crippen LogP contribution in [0.3, 0.4) is 0 Å². The van der Waals surface area contributed by atoms with Crippen molar-refractivity contribution >= 4 is 27.7 Å². The van der Waals surface area contributed by atoms with Crippen molar-refractivity contribution in [2.75, 3.05) is 5.75 Å². The maximum atomic E-state index is 6.20. The highest BCUT2D eigenvalue weighted by atomic mass is 79.9. The van der Waals surface area contributed by atoms with Crippen molar-refractivity contribution in [2.45, 2.75) is 17.9 Å². The van der Waals surface area contributed by atoms with E-state index in [0.717, 1.165) is 21.7 Å². The van der Waals surface area contributed by atoms with Crippen molar-refractivity contribution in [2.24, 2.45) is 12.8 Å². The van der Waals surface area contributed by atoms with Crippen LogP contribution < -0.4 is 5.73 Å². The highest BCUT2D eigenvalue weighted by molar-refractivity contribution is 9.10. The second-order valence-corrected chi connectivity index (χ2v) is 6.17. The molecule has 0 amide bonds. The molecule has 0 saturated heterocycles. The number of thioether (sulfide) groups is 1. The molecule has 0 radical (unpaired) electrons. The molecule has 1 unspecified atom stereocenters. The fraction of sp³-hybridized carbons (Fsp3) is 0.308. The maximum absolute atomic E-state index is 6.20. The molecular weight excluding hydrogens is 310 g/mol. The molecule has 2 rings (SSSR count). The van der Waals surface area contributed by atoms with Crippen molar-refractivity contribution in [1.82, 2.24) is 9.55 Å². The molecule has 0 fully saturated rings. The van der Waals surface area contributed by atoms with Crippen LogP contribution in [-0.4, -0.2) is 15.3 Å². The Morgan fingerprint density at radius 3 is 2.61 bits per heavy atom. The topological polar surface area (TPSA) is 43.8 Å². The zero-order valence-electron chi connectivity index (χ0n) is 10.4. The molecule has 0 aliphatic carbocycles. The van der Waals surface area contributed by atoms with E-state index in [9.17, 15) is 0 Å². The molecule has 1 atom stereocenters. The third-order valence-electron chi connectivity index (χ3n) is 2.88. The molecule has 0 saturated carbocycles. The molecule has 1 aromatic carbocycles. The summed E-state index contributed by atoms with van der Waals surface area (Å²) in [6.07, 6.45) is 1.86. The van der Waals surface area contributed by atoms with E-state index in [4.69, 9.17) is 5.73 Å². The first-order valence-electron chi connectivity index (χ1n) is 5.70. The summed E-state index contributed by atoms with van der Waals surface area (Å²) in [6, 6.07) is 8.28. The summed E-state index contributed by atoms with van der Waals surface area (Å²) in [5.74, 6) is 1.84. The van der Waals surface area contributed by atoms with Crippen LogP contribution in [0.5, 0.6) is 0 Å². The van der Waals surface area contributed by atoms with E-state index in [2.05, 4.69) is 33.0 Å². The number of hydrogen-bond acceptors (Lipinski definition) is 3. The van der Waals surface area contributed by atoms with Crippen molar-refractivity contribution in [3.63, 3.8) is 0 Å². The molecule has 0 aliphatic heterocycles. The van der Waals surface area contributed by atoms with Gasteiger partial charge in [0, 0.05) is 22.2 Å². The lowest BCUT2D eigenvalue weighted by Gasteiger charge is -2.12. The highest BCUT2D eigenvalue weighted by Gasteiger charge is 2.12. The number of hydrogen-bond donors (Lipinski definition) is 1. The smallest absolute Gasteiger partial charge is 0.105 e. The number of benzene rings is 1. The van der Waals surface area contributed by atoms with Gasteiger partial charge in [-0.25, -0.2) is 4.98 Å². The standard InChI is InChI=1S/C13H16BrN3S/c1-9-16-7-13(17(9)2)12(15)8-18-11-5-3-10(14)4-6-11/h3-7,12H,8,15H2,1-2H3. The number of imidazole rings is 1. The predicted octanol–water partition coefficient (Wildman–Crippen LogP) is 3.28. The normalized spacial score (nSPS) is 12.7. The molecule has 0 aliphatic rings. The fourth-order valence-electron chi connectivity index (χ4n) is 1.67. The van der Waals surface area contributed by atoms with Gasteiger partial charge >= 0.3 is 0 Å². The summed E-state index contributed by atoms with van der Waals surface area (Å²) in [5.41, 5.74) is 7.28. The largest absolute Gasteiger partial charge is 0.334 e. The summed E-state index contributed by atoms with van der Waals surface area (Å²) >= 11 is 5.19. The van der Waals surface area contributed by atoms with E-state index < -0.39 is 0 Å². The molecule has 0 bridgehead atoms. The molecule has 1 aromatic heterocycles. The zero-order chi connectivity index (χ0) is 13.1. The monoisotopic (exact) mass is 325 g/mol. The number of nitrogens with two attached hydrogens (primary N) is 1. The van der Waals surface area contributed by atoms with E-state index in [1.54, 1.807) is 11.8 Å². The van der Waals surface area contributed by atoms with Gasteiger partial charge < -0.3 is 10.3 Å². The second-order valence-electron chi connectivity index (χ2n) is 4.16. The quantitative estimate of drug-likeness (QED) is 0.877. The van der Waals surface area contributed by atoms with Crippen LogP contribution in [0.2, 0.25) is 0 Å². The first-order chi connectivity index (χ1) is 8.58. The van der Waals surface area contributed by atoms with E-state index in [-0.39, 0.29) is 6.04 Å². The lowest BCUT2D eigenvalue weighted by atomic mass is 10.3. The Bertz CT molecular complexity index is 522. The summed E-state index contributed by atoms with van der Waals surface area (Å²) in [4.78, 5) is 5.50. The first-order valence-corrected chi connectivity index (χ1v) is 7.48. The van der Waals surface area contributed by atoms with Crippen LogP contribution in [0, 0.1) is 6.92 Å². The van der Waals surface area contributed by atoms with Crippen molar-refractivity contribution in [3.05, 3.63) is 46.5 Å². The molecule has 2 aromatic rings. The fourth-order valence-corrected chi connectivity index (χ4v) is 2.80. The first kappa shape index (κ1) is 13.6. The van der Waals surface area contributed by atoms with Crippen molar-refractivity contribution < 1.29 is 0 Å². The molecule has 18 heavy (non-hydrogen) atoms. The molecular formula is C13H16BrN3S. The minimum absolute atomic E-state index is 0.00449. The van der Waals surface area contributed by atoms with Gasteiger partial charge in [0.1, 0.15) is 5.82 Å². The third kappa shape index (κ3) is 3.16. The number of halogens is 1. The molecule has 96 valence electrons. The van der Waals surface area contributed by atoms with Gasteiger partial charge in [-0.15, -0.1) is 11.8 Å². The van der Waals surface area contributed by atoms with Crippen LogP contribution in [0.25, 0.3) is 0 Å². The van der Waals surface area contributed by atoms with Gasteiger partial charge in [0.2, 0.25) is 0 Å². The third-order valence-corrected chi connectivity index (χ3v) is 4.54. The average Bonchev–Trinajstić information content (AvgIpc) is 2.69. The van der Waals surface area contributed by atoms with Gasteiger partial charge in [0.05, 0.1) is 17.9 Å². The molecule has 2 N–H and O–H groups in total. The molecule has 1 heterocycles. The molecule has 3 nitrogen and oxygen atoms in total. The number of aryl methyl sites for hydroxylation is 1. The Morgan fingerprint density at radius 1 is 1.39 bits per heavy atom. The van der Waals surface area contributed by atoms with Crippen LogP contribution >= 0.6 is 27.7 Å². The lowest BCUT2D eigenvalue weighted by molar-refractivity contribution is 0.708. The van der Waals surface area contributed by atoms with E-state index in [0.29, 0.717) is 0 Å². The van der Waals surface area contributed by atoms with Gasteiger partial charge in [0.25, 0.3) is 0 Å². The highest BCUT2D eigenvalue weighted by Crippen LogP contribution is 2.24. The molecule has 0 spiro atoms. The number of aromatic nitrogens is 2. The van der Waals surface area contributed by atoms with E-state index in [1.165, 1.54) is 4.90 Å². The minimum Gasteiger partial charge on any atom is -0.334 e. The second kappa shape index (κ2) is 5.91. The average molecular weight is 326 g/mol. The Kier molecular flexibility index (Phi) is 4.48. The van der Waals surface area contributed by atoms with Gasteiger partial charge in [-0.2, -0.15) is 0 Å². The van der Waals surface area contributed by atoms with Crippen LogP contribution in [0.4, 0.5) is 0 Å². The minimum atomic E-state index is 0.00449. The van der Waals surface area contributed by atoms with Crippen LogP contribution in [-0.2, 0) is 7.05 Å². The Morgan fingerprint density at radius 2 is 2.06 bits per heavy atom. The zero-order valence-corrected chi connectivity index (χ0v) is 12.8. The lowest BCUT2D eigenvalue weighted by Crippen LogP contribution is -2.16. The van der Waals surface area contributed by atoms with Gasteiger partial charge in [-0.05, 0) is 31.2 Å². The Hall–Kier alpha value is -0.780. The van der Waals surface area contributed by atoms with Gasteiger partial charge in [0.15, 0.2) is 0 Å². The summed E-state index contributed by atoms with van der Waals surface area (Å²) in [6.45, 7) is 1.98. The van der Waals surface area contributed by atoms with Gasteiger partial charge in [-0.1, -0.05) is 15.9 Å². The molecule has 5 heteroatoms.